The molecule has 0 bridgehead atoms. The molecule has 1 amide bonds. The fourth-order valence-electron chi connectivity index (χ4n) is 2.59. The van der Waals surface area contributed by atoms with Gasteiger partial charge in [0.25, 0.3) is 17.9 Å². The van der Waals surface area contributed by atoms with Crippen molar-refractivity contribution in [1.29, 1.82) is 5.26 Å². The Hall–Kier alpha value is -3.23. The maximum Gasteiger partial charge on any atom is 0.270 e. The first-order chi connectivity index (χ1) is 15.3. The predicted octanol–water partition coefficient (Wildman–Crippen LogP) is 0.776. The lowest BCUT2D eigenvalue weighted by Gasteiger charge is -2.11. The highest BCUT2D eigenvalue weighted by Crippen LogP contribution is 2.15. The van der Waals surface area contributed by atoms with Crippen molar-refractivity contribution in [3.63, 3.8) is 0 Å². The number of nitriles is 1. The Balaban J connectivity index is 2.27. The molecule has 0 aliphatic heterocycles. The number of anilines is 1. The number of hydrogen-bond acceptors (Lipinski definition) is 7. The van der Waals surface area contributed by atoms with E-state index in [0.717, 1.165) is 17.9 Å². The van der Waals surface area contributed by atoms with Gasteiger partial charge in [0.1, 0.15) is 27.6 Å². The zero-order chi connectivity index (χ0) is 23.7. The standard InChI is InChI=1S/C21H25F2N5O3S/c1-4-28-20(30)17(32-21(28)16(11-24)19(29)26-13-18(22)23)12-25-14-5-7-15(8-6-14)31-10-9-27(2)3/h5-8,12,18,25H,4,9-10,13H2,1-3H3,(H,26,29). The largest absolute Gasteiger partial charge is 0.492 e. The number of amides is 1. The van der Waals surface area contributed by atoms with Crippen molar-refractivity contribution in [2.24, 2.45) is 0 Å². The summed E-state index contributed by atoms with van der Waals surface area (Å²) in [6.07, 6.45) is -1.26. The molecule has 1 aromatic carbocycles. The third kappa shape index (κ3) is 6.90. The van der Waals surface area contributed by atoms with Crippen LogP contribution in [0.3, 0.4) is 0 Å². The molecule has 2 rings (SSSR count). The summed E-state index contributed by atoms with van der Waals surface area (Å²) in [5.41, 5.74) is -0.0620. The number of halogens is 2. The minimum atomic E-state index is -2.74. The lowest BCUT2D eigenvalue weighted by Crippen LogP contribution is -2.35. The Labute approximate surface area is 188 Å². The molecule has 32 heavy (non-hydrogen) atoms. The zero-order valence-corrected chi connectivity index (χ0v) is 18.8. The highest BCUT2D eigenvalue weighted by atomic mass is 32.1. The number of carbonyl (C=O) groups excluding carboxylic acids is 1. The molecule has 172 valence electrons. The number of rotatable bonds is 10. The normalized spacial score (nSPS) is 12.6. The van der Waals surface area contributed by atoms with Crippen molar-refractivity contribution in [2.75, 3.05) is 39.1 Å². The summed E-state index contributed by atoms with van der Waals surface area (Å²) in [6, 6.07) is 8.89. The van der Waals surface area contributed by atoms with Crippen molar-refractivity contribution in [3.8, 4) is 11.8 Å². The smallest absolute Gasteiger partial charge is 0.270 e. The fraction of sp³-hybridized carbons (Fsp3) is 0.381. The van der Waals surface area contributed by atoms with Gasteiger partial charge >= 0.3 is 0 Å². The van der Waals surface area contributed by atoms with Crippen LogP contribution in [0.5, 0.6) is 5.75 Å². The summed E-state index contributed by atoms with van der Waals surface area (Å²) in [5.74, 6) is -0.229. The van der Waals surface area contributed by atoms with Crippen molar-refractivity contribution in [3.05, 3.63) is 43.8 Å². The molecule has 8 nitrogen and oxygen atoms in total. The maximum absolute atomic E-state index is 12.7. The van der Waals surface area contributed by atoms with Crippen LogP contribution in [0.4, 0.5) is 14.5 Å². The SMILES string of the molecule is CCn1c(=C(C#N)C(=O)NCC(F)F)sc(=CNc2ccc(OCCN(C)C)cc2)c1=O. The molecule has 0 saturated carbocycles. The third-order valence-electron chi connectivity index (χ3n) is 4.23. The molecule has 0 aliphatic rings. The molecule has 0 spiro atoms. The molecule has 2 aromatic rings. The van der Waals surface area contributed by atoms with E-state index in [1.54, 1.807) is 37.3 Å². The van der Waals surface area contributed by atoms with Crippen LogP contribution in [0.25, 0.3) is 11.8 Å². The minimum Gasteiger partial charge on any atom is -0.492 e. The van der Waals surface area contributed by atoms with Crippen LogP contribution >= 0.6 is 11.3 Å². The predicted molar refractivity (Wildman–Crippen MR) is 120 cm³/mol. The molecular weight excluding hydrogens is 440 g/mol. The van der Waals surface area contributed by atoms with Crippen molar-refractivity contribution in [1.82, 2.24) is 14.8 Å². The van der Waals surface area contributed by atoms with Gasteiger partial charge in [-0.15, -0.1) is 11.3 Å². The Bertz CT molecular complexity index is 1130. The first kappa shape index (κ1) is 25.0. The number of likely N-dealkylation sites (N-methyl/N-ethyl adjacent to an activating group) is 1. The van der Waals surface area contributed by atoms with E-state index in [9.17, 15) is 23.6 Å². The average molecular weight is 466 g/mol. The molecule has 0 atom stereocenters. The highest BCUT2D eigenvalue weighted by Gasteiger charge is 2.16. The van der Waals surface area contributed by atoms with Crippen molar-refractivity contribution >= 4 is 34.7 Å². The molecule has 0 unspecified atom stereocenters. The second kappa shape index (κ2) is 12.0. The van der Waals surface area contributed by atoms with Crippen LogP contribution in [0.15, 0.2) is 29.1 Å². The molecule has 0 radical (unpaired) electrons. The number of thiazole rings is 1. The number of aromatic nitrogens is 1. The van der Waals surface area contributed by atoms with Gasteiger partial charge in [-0.2, -0.15) is 5.26 Å². The summed E-state index contributed by atoms with van der Waals surface area (Å²) >= 11 is 0.937. The van der Waals surface area contributed by atoms with Gasteiger partial charge in [-0.3, -0.25) is 14.2 Å². The summed E-state index contributed by atoms with van der Waals surface area (Å²) in [7, 11) is 3.92. The summed E-state index contributed by atoms with van der Waals surface area (Å²) in [5, 5.41) is 14.4. The average Bonchev–Trinajstić information content (AvgIpc) is 3.07. The van der Waals surface area contributed by atoms with E-state index >= 15 is 0 Å². The van der Waals surface area contributed by atoms with Crippen LogP contribution in [-0.4, -0.2) is 55.6 Å². The topological polar surface area (TPSA) is 99.4 Å². The van der Waals surface area contributed by atoms with Crippen molar-refractivity contribution in [2.45, 2.75) is 19.9 Å². The Morgan fingerprint density at radius 2 is 2.03 bits per heavy atom. The quantitative estimate of drug-likeness (QED) is 0.538. The fourth-order valence-corrected chi connectivity index (χ4v) is 3.68. The van der Waals surface area contributed by atoms with E-state index in [0.29, 0.717) is 18.0 Å². The molecule has 11 heteroatoms. The van der Waals surface area contributed by atoms with Gasteiger partial charge in [-0.25, -0.2) is 8.78 Å². The minimum absolute atomic E-state index is 0.115. The first-order valence-electron chi connectivity index (χ1n) is 9.81. The zero-order valence-electron chi connectivity index (χ0n) is 18.0. The number of alkyl halides is 2. The maximum atomic E-state index is 12.7. The number of nitrogens with zero attached hydrogens (tertiary/aromatic N) is 3. The molecule has 0 aliphatic carbocycles. The number of carbonyl (C=O) groups is 1. The van der Waals surface area contributed by atoms with Gasteiger partial charge in [0.2, 0.25) is 0 Å². The Kier molecular flexibility index (Phi) is 9.37. The summed E-state index contributed by atoms with van der Waals surface area (Å²) < 4.78 is 32.0. The van der Waals surface area contributed by atoms with Gasteiger partial charge in [0.05, 0.1) is 6.54 Å². The first-order valence-corrected chi connectivity index (χ1v) is 10.6. The number of hydrogen-bond donors (Lipinski definition) is 2. The molecule has 1 aromatic heterocycles. The summed E-state index contributed by atoms with van der Waals surface area (Å²) in [4.78, 5) is 26.8. The van der Waals surface area contributed by atoms with Crippen LogP contribution in [-0.2, 0) is 11.3 Å². The van der Waals surface area contributed by atoms with Crippen LogP contribution in [0.2, 0.25) is 0 Å². The van der Waals surface area contributed by atoms with Gasteiger partial charge in [0, 0.05) is 25.0 Å². The van der Waals surface area contributed by atoms with Gasteiger partial charge < -0.3 is 20.3 Å². The Morgan fingerprint density at radius 1 is 1.34 bits per heavy atom. The second-order valence-electron chi connectivity index (χ2n) is 6.87. The molecule has 2 N–H and O–H groups in total. The molecule has 0 saturated heterocycles. The summed E-state index contributed by atoms with van der Waals surface area (Å²) in [6.45, 7) is 2.38. The van der Waals surface area contributed by atoms with E-state index in [1.807, 2.05) is 24.3 Å². The van der Waals surface area contributed by atoms with E-state index in [1.165, 1.54) is 10.8 Å². The van der Waals surface area contributed by atoms with Gasteiger partial charge in [-0.05, 0) is 45.3 Å². The van der Waals surface area contributed by atoms with E-state index < -0.39 is 24.4 Å². The second-order valence-corrected chi connectivity index (χ2v) is 7.90. The number of nitrogens with one attached hydrogen (secondary N) is 2. The number of benzene rings is 1. The van der Waals surface area contributed by atoms with Gasteiger partial charge in [-0.1, -0.05) is 0 Å². The molecular formula is C21H25F2N5O3S. The van der Waals surface area contributed by atoms with Crippen LogP contribution < -0.4 is 30.1 Å². The van der Waals surface area contributed by atoms with E-state index in [-0.39, 0.29) is 21.3 Å². The Morgan fingerprint density at radius 3 is 2.59 bits per heavy atom. The lowest BCUT2D eigenvalue weighted by atomic mass is 10.3. The van der Waals surface area contributed by atoms with E-state index in [2.05, 4.69) is 5.32 Å². The van der Waals surface area contributed by atoms with Crippen LogP contribution in [0, 0.1) is 11.3 Å². The van der Waals surface area contributed by atoms with E-state index in [4.69, 9.17) is 4.74 Å². The highest BCUT2D eigenvalue weighted by molar-refractivity contribution is 7.07. The third-order valence-corrected chi connectivity index (χ3v) is 5.36. The van der Waals surface area contributed by atoms with Crippen molar-refractivity contribution < 1.29 is 18.3 Å². The molecule has 1 heterocycles. The lowest BCUT2D eigenvalue weighted by molar-refractivity contribution is -0.116. The van der Waals surface area contributed by atoms with Gasteiger partial charge in [0.15, 0.2) is 5.57 Å². The molecule has 0 fully saturated rings. The monoisotopic (exact) mass is 465 g/mol. The van der Waals surface area contributed by atoms with Crippen LogP contribution in [0.1, 0.15) is 6.92 Å². The number of ether oxygens (including phenoxy) is 1.